The molecule has 0 aromatic carbocycles. The fraction of sp³-hybridized carbons (Fsp3) is 0.929. The first-order chi connectivity index (χ1) is 9.69. The number of hydrogen-bond acceptors (Lipinski definition) is 3. The number of nitrogens with zero attached hydrogens (tertiary/aromatic N) is 1. The quantitative estimate of drug-likeness (QED) is 0.709. The average Bonchev–Trinajstić information content (AvgIpc) is 2.42. The van der Waals surface area contributed by atoms with Gasteiger partial charge in [-0.15, -0.1) is 0 Å². The molecule has 0 bridgehead atoms. The van der Waals surface area contributed by atoms with E-state index >= 15 is 0 Å². The normalized spacial score (nSPS) is 21.2. The molecule has 1 aliphatic heterocycles. The van der Waals surface area contributed by atoms with Gasteiger partial charge in [0, 0.05) is 0 Å². The van der Waals surface area contributed by atoms with Crippen molar-refractivity contribution >= 4 is 5.97 Å². The highest BCUT2D eigenvalue weighted by Gasteiger charge is 2.40. The molecule has 0 aromatic rings. The van der Waals surface area contributed by atoms with E-state index in [4.69, 9.17) is 5.11 Å². The number of nitrogens with one attached hydrogen (secondary N) is 1. The van der Waals surface area contributed by atoms with E-state index in [0.29, 0.717) is 19.5 Å². The van der Waals surface area contributed by atoms with Gasteiger partial charge in [0.15, 0.2) is 0 Å². The summed E-state index contributed by atoms with van der Waals surface area (Å²) in [6, 6.07) is 0. The topological polar surface area (TPSA) is 52.6 Å². The van der Waals surface area contributed by atoms with E-state index < -0.39 is 23.6 Å². The van der Waals surface area contributed by atoms with E-state index in [-0.39, 0.29) is 12.8 Å². The molecule has 7 heteroatoms. The van der Waals surface area contributed by atoms with Crippen LogP contribution in [0.4, 0.5) is 13.2 Å². The summed E-state index contributed by atoms with van der Waals surface area (Å²) in [4.78, 5) is 13.1. The van der Waals surface area contributed by atoms with Crippen molar-refractivity contribution in [1.82, 2.24) is 10.2 Å². The smallest absolute Gasteiger partial charge is 0.391 e. The number of aliphatic carboxylic acids is 1. The third-order valence-corrected chi connectivity index (χ3v) is 4.48. The van der Waals surface area contributed by atoms with Crippen molar-refractivity contribution in [2.45, 2.75) is 50.7 Å². The van der Waals surface area contributed by atoms with Crippen LogP contribution in [0.3, 0.4) is 0 Å². The van der Waals surface area contributed by atoms with Crippen LogP contribution >= 0.6 is 0 Å². The van der Waals surface area contributed by atoms with Crippen molar-refractivity contribution < 1.29 is 23.1 Å². The minimum Gasteiger partial charge on any atom is -0.480 e. The maximum atomic E-state index is 12.5. The zero-order chi connectivity index (χ0) is 16.1. The Morgan fingerprint density at radius 3 is 2.29 bits per heavy atom. The summed E-state index contributed by atoms with van der Waals surface area (Å²) in [5.74, 6) is -2.04. The SMILES string of the molecule is CNC(C)(CCCCN1CCC(C(F)(F)F)CC1)C(=O)O. The summed E-state index contributed by atoms with van der Waals surface area (Å²) in [5.41, 5.74) is -0.927. The largest absolute Gasteiger partial charge is 0.480 e. The Morgan fingerprint density at radius 1 is 1.29 bits per heavy atom. The first-order valence-corrected chi connectivity index (χ1v) is 7.40. The Bertz CT molecular complexity index is 342. The number of carboxylic acid groups (broad SMARTS) is 1. The highest BCUT2D eigenvalue weighted by molar-refractivity contribution is 5.78. The molecule has 1 aliphatic rings. The molecule has 1 unspecified atom stereocenters. The molecule has 0 saturated carbocycles. The molecule has 0 aromatic heterocycles. The number of carboxylic acids is 1. The van der Waals surface area contributed by atoms with E-state index in [9.17, 15) is 18.0 Å². The molecule has 1 heterocycles. The number of likely N-dealkylation sites (tertiary alicyclic amines) is 1. The fourth-order valence-corrected chi connectivity index (χ4v) is 2.64. The molecule has 2 N–H and O–H groups in total. The summed E-state index contributed by atoms with van der Waals surface area (Å²) in [7, 11) is 1.62. The van der Waals surface area contributed by atoms with Crippen molar-refractivity contribution in [2.75, 3.05) is 26.7 Å². The zero-order valence-corrected chi connectivity index (χ0v) is 12.7. The second-order valence-electron chi connectivity index (χ2n) is 6.00. The minimum absolute atomic E-state index is 0.173. The molecular weight excluding hydrogens is 285 g/mol. The Morgan fingerprint density at radius 2 is 1.86 bits per heavy atom. The van der Waals surface area contributed by atoms with Crippen LogP contribution < -0.4 is 5.32 Å². The first kappa shape index (κ1) is 18.2. The molecule has 0 spiro atoms. The lowest BCUT2D eigenvalue weighted by Crippen LogP contribution is -2.47. The summed E-state index contributed by atoms with van der Waals surface area (Å²) in [5, 5.41) is 11.9. The van der Waals surface area contributed by atoms with Crippen molar-refractivity contribution in [3.63, 3.8) is 0 Å². The van der Waals surface area contributed by atoms with Crippen LogP contribution in [0.25, 0.3) is 0 Å². The molecule has 124 valence electrons. The van der Waals surface area contributed by atoms with Gasteiger partial charge >= 0.3 is 12.1 Å². The lowest BCUT2D eigenvalue weighted by molar-refractivity contribution is -0.185. The molecule has 1 fully saturated rings. The Kier molecular flexibility index (Phi) is 6.46. The third-order valence-electron chi connectivity index (χ3n) is 4.48. The maximum absolute atomic E-state index is 12.5. The van der Waals surface area contributed by atoms with Crippen LogP contribution in [0.1, 0.15) is 39.0 Å². The molecule has 1 saturated heterocycles. The fourth-order valence-electron chi connectivity index (χ4n) is 2.64. The molecule has 0 radical (unpaired) electrons. The predicted molar refractivity (Wildman–Crippen MR) is 74.2 cm³/mol. The van der Waals surface area contributed by atoms with E-state index in [1.807, 2.05) is 4.90 Å². The third kappa shape index (κ3) is 5.47. The van der Waals surface area contributed by atoms with E-state index in [1.54, 1.807) is 14.0 Å². The van der Waals surface area contributed by atoms with Gasteiger partial charge in [-0.2, -0.15) is 13.2 Å². The van der Waals surface area contributed by atoms with Crippen molar-refractivity contribution in [3.05, 3.63) is 0 Å². The summed E-state index contributed by atoms with van der Waals surface area (Å²) < 4.78 is 37.6. The molecule has 0 amide bonds. The standard InChI is InChI=1S/C14H25F3N2O2/c1-13(18-2,12(20)21)7-3-4-8-19-9-5-11(6-10-19)14(15,16)17/h11,18H,3-10H2,1-2H3,(H,20,21). The summed E-state index contributed by atoms with van der Waals surface area (Å²) in [6.45, 7) is 3.34. The van der Waals surface area contributed by atoms with Gasteiger partial charge in [0.25, 0.3) is 0 Å². The van der Waals surface area contributed by atoms with Gasteiger partial charge in [-0.1, -0.05) is 0 Å². The second-order valence-corrected chi connectivity index (χ2v) is 6.00. The Labute approximate surface area is 123 Å². The summed E-state index contributed by atoms with van der Waals surface area (Å²) in [6.07, 6.45) is -1.66. The first-order valence-electron chi connectivity index (χ1n) is 7.40. The van der Waals surface area contributed by atoms with E-state index in [0.717, 1.165) is 19.4 Å². The molecule has 0 aliphatic carbocycles. The zero-order valence-electron chi connectivity index (χ0n) is 12.7. The molecule has 1 rings (SSSR count). The number of unbranched alkanes of at least 4 members (excludes halogenated alkanes) is 1. The van der Waals surface area contributed by atoms with Crippen LogP contribution in [0, 0.1) is 5.92 Å². The van der Waals surface area contributed by atoms with Gasteiger partial charge in [-0.25, -0.2) is 0 Å². The van der Waals surface area contributed by atoms with Gasteiger partial charge < -0.3 is 15.3 Å². The Balaban J connectivity index is 2.22. The van der Waals surface area contributed by atoms with Crippen molar-refractivity contribution in [2.24, 2.45) is 5.92 Å². The maximum Gasteiger partial charge on any atom is 0.391 e. The minimum atomic E-state index is -4.07. The number of rotatable bonds is 7. The number of carbonyl (C=O) groups is 1. The molecule has 4 nitrogen and oxygen atoms in total. The lowest BCUT2D eigenvalue weighted by atomic mass is 9.94. The van der Waals surface area contributed by atoms with Gasteiger partial charge in [0.05, 0.1) is 5.92 Å². The number of halogens is 3. The number of piperidine rings is 1. The van der Waals surface area contributed by atoms with Gasteiger partial charge in [-0.05, 0) is 65.7 Å². The predicted octanol–water partition coefficient (Wildman–Crippen LogP) is 2.49. The van der Waals surface area contributed by atoms with Crippen molar-refractivity contribution in [3.8, 4) is 0 Å². The van der Waals surface area contributed by atoms with Crippen LogP contribution in [0.5, 0.6) is 0 Å². The molecular formula is C14H25F3N2O2. The number of alkyl halides is 3. The van der Waals surface area contributed by atoms with Gasteiger partial charge in [0.1, 0.15) is 5.54 Å². The van der Waals surface area contributed by atoms with Crippen LogP contribution in [-0.4, -0.2) is 54.4 Å². The number of likely N-dealkylation sites (N-methyl/N-ethyl adjacent to an activating group) is 1. The Hall–Kier alpha value is -0.820. The number of hydrogen-bond donors (Lipinski definition) is 2. The van der Waals surface area contributed by atoms with Gasteiger partial charge in [-0.3, -0.25) is 4.79 Å². The highest BCUT2D eigenvalue weighted by Crippen LogP contribution is 2.34. The van der Waals surface area contributed by atoms with Crippen molar-refractivity contribution in [1.29, 1.82) is 0 Å². The second kappa shape index (κ2) is 7.45. The van der Waals surface area contributed by atoms with Crippen LogP contribution in [0.15, 0.2) is 0 Å². The molecule has 1 atom stereocenters. The lowest BCUT2D eigenvalue weighted by Gasteiger charge is -2.33. The average molecular weight is 310 g/mol. The van der Waals surface area contributed by atoms with Crippen LogP contribution in [-0.2, 0) is 4.79 Å². The van der Waals surface area contributed by atoms with E-state index in [2.05, 4.69) is 5.32 Å². The van der Waals surface area contributed by atoms with Crippen LogP contribution in [0.2, 0.25) is 0 Å². The van der Waals surface area contributed by atoms with Gasteiger partial charge in [0.2, 0.25) is 0 Å². The monoisotopic (exact) mass is 310 g/mol. The molecule has 21 heavy (non-hydrogen) atoms. The van der Waals surface area contributed by atoms with E-state index in [1.165, 1.54) is 0 Å². The highest BCUT2D eigenvalue weighted by atomic mass is 19.4. The summed E-state index contributed by atoms with van der Waals surface area (Å²) >= 11 is 0.